The van der Waals surface area contributed by atoms with Gasteiger partial charge in [-0.1, -0.05) is 152 Å². The van der Waals surface area contributed by atoms with Crippen molar-refractivity contribution in [2.75, 3.05) is 4.90 Å². The highest BCUT2D eigenvalue weighted by Crippen LogP contribution is 2.44. The van der Waals surface area contributed by atoms with Crippen LogP contribution < -0.4 is 4.90 Å². The fourth-order valence-corrected chi connectivity index (χ4v) is 8.51. The first-order chi connectivity index (χ1) is 28.3. The van der Waals surface area contributed by atoms with Crippen molar-refractivity contribution >= 4 is 71.2 Å². The molecule has 2 aromatic heterocycles. The molecule has 0 aliphatic heterocycles. The largest absolute Gasteiger partial charge is 0.310 e. The summed E-state index contributed by atoms with van der Waals surface area (Å²) < 4.78 is 0. The summed E-state index contributed by atoms with van der Waals surface area (Å²) in [6.07, 6.45) is 0. The summed E-state index contributed by atoms with van der Waals surface area (Å²) in [7, 11) is 0. The van der Waals surface area contributed by atoms with Crippen LogP contribution in [0, 0.1) is 0 Å². The lowest BCUT2D eigenvalue weighted by molar-refractivity contribution is 1.28. The average molecular weight is 726 g/mol. The van der Waals surface area contributed by atoms with Gasteiger partial charge in [0.05, 0.1) is 22.4 Å². The smallest absolute Gasteiger partial charge is 0.0972 e. The molecule has 2 heterocycles. The van der Waals surface area contributed by atoms with E-state index in [0.29, 0.717) is 0 Å². The third-order valence-corrected chi connectivity index (χ3v) is 11.2. The van der Waals surface area contributed by atoms with Crippen molar-refractivity contribution in [2.45, 2.75) is 0 Å². The number of fused-ring (bicyclic) bond motifs is 8. The predicted octanol–water partition coefficient (Wildman–Crippen LogP) is 14.7. The van der Waals surface area contributed by atoms with Gasteiger partial charge in [-0.05, 0) is 104 Å². The van der Waals surface area contributed by atoms with Gasteiger partial charge in [-0.3, -0.25) is 0 Å². The monoisotopic (exact) mass is 725 g/mol. The van der Waals surface area contributed by atoms with Gasteiger partial charge < -0.3 is 4.90 Å². The maximum atomic E-state index is 5.47. The van der Waals surface area contributed by atoms with Gasteiger partial charge in [0.2, 0.25) is 0 Å². The standard InChI is InChI=1S/C54H35N3/c1-4-15-36(16-5-1)50-31-29-37-27-28-38-30-32-51(56-54(38)53(37)55-50)48-35-49-47(34-40-17-10-11-24-44(40)52(49)46-26-13-12-25-45(46)48)39-18-14-23-43(33-39)57(41-19-6-2-7-20-41)42-21-8-3-9-22-42/h1-35H. The normalized spacial score (nSPS) is 11.5. The first-order valence-electron chi connectivity index (χ1n) is 19.4. The summed E-state index contributed by atoms with van der Waals surface area (Å²) in [5, 5.41) is 9.40. The second-order valence-electron chi connectivity index (χ2n) is 14.6. The Morgan fingerprint density at radius 2 is 0.825 bits per heavy atom. The summed E-state index contributed by atoms with van der Waals surface area (Å²) in [4.78, 5) is 13.0. The highest BCUT2D eigenvalue weighted by molar-refractivity contribution is 6.26. The minimum atomic E-state index is 0.903. The number of hydrogen-bond acceptors (Lipinski definition) is 3. The van der Waals surface area contributed by atoms with E-state index in [4.69, 9.17) is 9.97 Å². The molecule has 9 aromatic carbocycles. The summed E-state index contributed by atoms with van der Waals surface area (Å²) in [6, 6.07) is 75.8. The Morgan fingerprint density at radius 3 is 1.53 bits per heavy atom. The van der Waals surface area contributed by atoms with E-state index in [1.165, 1.54) is 37.9 Å². The first-order valence-corrected chi connectivity index (χ1v) is 19.4. The van der Waals surface area contributed by atoms with Crippen molar-refractivity contribution in [1.82, 2.24) is 9.97 Å². The number of benzene rings is 9. The number of hydrogen-bond donors (Lipinski definition) is 0. The zero-order valence-corrected chi connectivity index (χ0v) is 31.0. The highest BCUT2D eigenvalue weighted by atomic mass is 15.1. The van der Waals surface area contributed by atoms with Gasteiger partial charge >= 0.3 is 0 Å². The maximum absolute atomic E-state index is 5.47. The molecule has 266 valence electrons. The molecule has 0 unspecified atom stereocenters. The van der Waals surface area contributed by atoms with Crippen LogP contribution in [0.25, 0.3) is 87.8 Å². The second kappa shape index (κ2) is 13.6. The quantitative estimate of drug-likeness (QED) is 0.160. The van der Waals surface area contributed by atoms with Crippen LogP contribution in [-0.2, 0) is 0 Å². The van der Waals surface area contributed by atoms with Crippen LogP contribution in [0.1, 0.15) is 0 Å². The van der Waals surface area contributed by atoms with Crippen molar-refractivity contribution in [3.05, 3.63) is 212 Å². The molecule has 0 N–H and O–H groups in total. The van der Waals surface area contributed by atoms with Gasteiger partial charge in [0.25, 0.3) is 0 Å². The molecule has 0 amide bonds. The lowest BCUT2D eigenvalue weighted by Crippen LogP contribution is -2.09. The molecule has 0 spiro atoms. The predicted molar refractivity (Wildman–Crippen MR) is 241 cm³/mol. The topological polar surface area (TPSA) is 29.0 Å². The zero-order chi connectivity index (χ0) is 37.7. The molecule has 0 fully saturated rings. The Hall–Kier alpha value is -7.62. The van der Waals surface area contributed by atoms with E-state index in [9.17, 15) is 0 Å². The van der Waals surface area contributed by atoms with Gasteiger partial charge in [-0.2, -0.15) is 0 Å². The minimum absolute atomic E-state index is 0.903. The van der Waals surface area contributed by atoms with Crippen LogP contribution in [0.15, 0.2) is 212 Å². The molecule has 0 aliphatic carbocycles. The molecule has 3 heteroatoms. The molecule has 0 bridgehead atoms. The fourth-order valence-electron chi connectivity index (χ4n) is 8.51. The van der Waals surface area contributed by atoms with Crippen LogP contribution in [0.2, 0.25) is 0 Å². The number of anilines is 3. The van der Waals surface area contributed by atoms with Crippen LogP contribution >= 0.6 is 0 Å². The Labute approximate surface area is 330 Å². The number of rotatable bonds is 6. The van der Waals surface area contributed by atoms with E-state index in [1.807, 2.05) is 6.07 Å². The van der Waals surface area contributed by atoms with Crippen molar-refractivity contribution in [3.8, 4) is 33.6 Å². The third kappa shape index (κ3) is 5.68. The summed E-state index contributed by atoms with van der Waals surface area (Å²) in [5.41, 5.74) is 11.5. The Bertz CT molecular complexity index is 3250. The summed E-state index contributed by atoms with van der Waals surface area (Å²) >= 11 is 0. The van der Waals surface area contributed by atoms with E-state index in [1.54, 1.807) is 0 Å². The second-order valence-corrected chi connectivity index (χ2v) is 14.6. The average Bonchev–Trinajstić information content (AvgIpc) is 3.29. The van der Waals surface area contributed by atoms with E-state index < -0.39 is 0 Å². The van der Waals surface area contributed by atoms with Gasteiger partial charge in [0.15, 0.2) is 0 Å². The van der Waals surface area contributed by atoms with Crippen LogP contribution in [0.5, 0.6) is 0 Å². The molecule has 3 nitrogen and oxygen atoms in total. The lowest BCUT2D eigenvalue weighted by Gasteiger charge is -2.26. The number of pyridine rings is 2. The minimum Gasteiger partial charge on any atom is -0.310 e. The van der Waals surface area contributed by atoms with E-state index in [0.717, 1.165) is 66.9 Å². The molecule has 57 heavy (non-hydrogen) atoms. The van der Waals surface area contributed by atoms with Gasteiger partial charge in [-0.25, -0.2) is 9.97 Å². The van der Waals surface area contributed by atoms with E-state index in [-0.39, 0.29) is 0 Å². The van der Waals surface area contributed by atoms with Crippen molar-refractivity contribution < 1.29 is 0 Å². The van der Waals surface area contributed by atoms with Gasteiger partial charge in [-0.15, -0.1) is 0 Å². The summed E-state index contributed by atoms with van der Waals surface area (Å²) in [5.74, 6) is 0. The maximum Gasteiger partial charge on any atom is 0.0972 e. The molecule has 11 rings (SSSR count). The fraction of sp³-hybridized carbons (Fsp3) is 0. The molecule has 0 saturated carbocycles. The number of aromatic nitrogens is 2. The van der Waals surface area contributed by atoms with Crippen molar-refractivity contribution in [2.24, 2.45) is 0 Å². The molecule has 0 saturated heterocycles. The molecule has 0 radical (unpaired) electrons. The molecule has 0 aliphatic rings. The van der Waals surface area contributed by atoms with Gasteiger partial charge in [0, 0.05) is 39.0 Å². The van der Waals surface area contributed by atoms with Crippen LogP contribution in [-0.4, -0.2) is 9.97 Å². The Kier molecular flexibility index (Phi) is 7.82. The number of nitrogens with zero attached hydrogens (tertiary/aromatic N) is 3. The SMILES string of the molecule is c1ccc(-c2ccc3ccc4ccc(-c5cc6c(-c7cccc(N(c8ccccc8)c8ccccc8)c7)cc7ccccc7c6c6ccccc56)nc4c3n2)cc1. The summed E-state index contributed by atoms with van der Waals surface area (Å²) in [6.45, 7) is 0. The molecule has 11 aromatic rings. The first kappa shape index (κ1) is 32.8. The Balaban J connectivity index is 1.16. The Morgan fingerprint density at radius 1 is 0.298 bits per heavy atom. The van der Waals surface area contributed by atoms with Crippen LogP contribution in [0.4, 0.5) is 17.1 Å². The van der Waals surface area contributed by atoms with Crippen molar-refractivity contribution in [1.29, 1.82) is 0 Å². The molecular weight excluding hydrogens is 691 g/mol. The van der Waals surface area contributed by atoms with E-state index in [2.05, 4.69) is 211 Å². The number of para-hydroxylation sites is 2. The third-order valence-electron chi connectivity index (χ3n) is 11.2. The molecular formula is C54H35N3. The highest BCUT2D eigenvalue weighted by Gasteiger charge is 2.19. The van der Waals surface area contributed by atoms with Crippen LogP contribution in [0.3, 0.4) is 0 Å². The van der Waals surface area contributed by atoms with Gasteiger partial charge in [0.1, 0.15) is 0 Å². The van der Waals surface area contributed by atoms with E-state index >= 15 is 0 Å². The molecule has 0 atom stereocenters. The van der Waals surface area contributed by atoms with Crippen molar-refractivity contribution in [3.63, 3.8) is 0 Å². The zero-order valence-electron chi connectivity index (χ0n) is 31.0. The lowest BCUT2D eigenvalue weighted by atomic mass is 9.87.